The van der Waals surface area contributed by atoms with E-state index in [9.17, 15) is 171 Å². The molecule has 0 fully saturated rings. The first-order chi connectivity index (χ1) is 25.1. The van der Waals surface area contributed by atoms with Gasteiger partial charge in [-0.1, -0.05) is 0 Å². The van der Waals surface area contributed by atoms with Gasteiger partial charge in [-0.25, -0.2) is 0 Å². The van der Waals surface area contributed by atoms with Crippen LogP contribution in [0, 0.1) is 0 Å². The van der Waals surface area contributed by atoms with Crippen molar-refractivity contribution in [2.45, 2.75) is 93.9 Å². The van der Waals surface area contributed by atoms with Crippen molar-refractivity contribution in [2.24, 2.45) is 0 Å². The summed E-state index contributed by atoms with van der Waals surface area (Å²) in [6.45, 7) is 0. The van der Waals surface area contributed by atoms with Crippen molar-refractivity contribution in [1.29, 1.82) is 0 Å². The highest BCUT2D eigenvalue weighted by molar-refractivity contribution is 6.88. The molecule has 0 rings (SSSR count). The maximum atomic E-state index is 14.8. The predicted molar refractivity (Wildman–Crippen MR) is 106 cm³/mol. The smallest absolute Gasteiger partial charge is 0.413 e. The van der Waals surface area contributed by atoms with Crippen LogP contribution in [0.2, 0.25) is 0 Å². The summed E-state index contributed by atoms with van der Waals surface area (Å²) in [5.74, 6) is -135. The third-order valence-corrected chi connectivity index (χ3v) is 16.2. The molecule has 0 N–H and O–H groups in total. The molecule has 0 saturated heterocycles. The topological polar surface area (TPSA) is 18.5 Å². The Morgan fingerprint density at radius 2 is 0.367 bits per heavy atom. The standard InChI is InChI=1S/C16F39O2Si3/c17-1(18,3(21,22)5(25,26)7(29,30)9(33,34)35)2(19,20)4(23,24)6(27,28)8(31,32)10(36,37)58(56-59(11(38,39)40,12(41,42)43)13(44,45)46)57-60(14(47,48)49,15(50,51)52)16(53,54)55. The molecule has 60 heavy (non-hydrogen) atoms. The highest BCUT2D eigenvalue weighted by Crippen LogP contribution is 2.67. The second-order valence-corrected chi connectivity index (χ2v) is 19.5. The minimum Gasteiger partial charge on any atom is -0.413 e. The number of hydrogen-bond donors (Lipinski definition) is 0. The number of halogens is 39. The van der Waals surface area contributed by atoms with Gasteiger partial charge in [0.2, 0.25) is 0 Å². The number of alkyl halides is 39. The van der Waals surface area contributed by atoms with Gasteiger partial charge in [0.15, 0.2) is 0 Å². The van der Waals surface area contributed by atoms with Gasteiger partial charge >= 0.3 is 120 Å². The van der Waals surface area contributed by atoms with E-state index in [4.69, 9.17) is 0 Å². The van der Waals surface area contributed by atoms with Gasteiger partial charge in [0.25, 0.3) is 0 Å². The minimum absolute atomic E-state index is 1.18. The zero-order valence-corrected chi connectivity index (χ0v) is 28.1. The summed E-state index contributed by atoms with van der Waals surface area (Å²) in [6, 6.07) is 0. The summed E-state index contributed by atoms with van der Waals surface area (Å²) in [7, 11) is -33.6. The van der Waals surface area contributed by atoms with E-state index in [0.29, 0.717) is 0 Å². The first kappa shape index (κ1) is 57.8. The summed E-state index contributed by atoms with van der Waals surface area (Å²) < 4.78 is 528. The van der Waals surface area contributed by atoms with Gasteiger partial charge in [-0.05, 0) is 0 Å². The molecule has 1 radical (unpaired) electrons. The van der Waals surface area contributed by atoms with E-state index >= 15 is 0 Å². The van der Waals surface area contributed by atoms with Gasteiger partial charge < -0.3 is 8.23 Å². The first-order valence-corrected chi connectivity index (χ1v) is 17.3. The van der Waals surface area contributed by atoms with Gasteiger partial charge in [0, 0.05) is 0 Å². The molecule has 0 amide bonds. The Morgan fingerprint density at radius 3 is 0.517 bits per heavy atom. The second-order valence-electron chi connectivity index (χ2n) is 10.5. The lowest BCUT2D eigenvalue weighted by Gasteiger charge is -2.46. The number of rotatable bonds is 13. The fraction of sp³-hybridized carbons (Fsp3) is 1.00. The van der Waals surface area contributed by atoms with Crippen molar-refractivity contribution in [3.63, 3.8) is 0 Å². The Morgan fingerprint density at radius 1 is 0.217 bits per heavy atom. The van der Waals surface area contributed by atoms with Crippen LogP contribution in [0.4, 0.5) is 171 Å². The van der Waals surface area contributed by atoms with E-state index < -0.39 is 120 Å². The molecular formula is C16F39O2Si3. The van der Waals surface area contributed by atoms with Gasteiger partial charge in [-0.2, -0.15) is 171 Å². The Kier molecular flexibility index (Phi) is 13.9. The molecule has 0 unspecified atom stereocenters. The lowest BCUT2D eigenvalue weighted by Crippen LogP contribution is -2.83. The van der Waals surface area contributed by atoms with E-state index in [1.807, 2.05) is 0 Å². The van der Waals surface area contributed by atoms with E-state index in [1.165, 1.54) is 8.23 Å². The summed E-state index contributed by atoms with van der Waals surface area (Å²) in [4.78, 5) is 0. The van der Waals surface area contributed by atoms with E-state index in [0.717, 1.165) is 0 Å². The minimum atomic E-state index is -11.7. The second kappa shape index (κ2) is 14.4. The zero-order valence-electron chi connectivity index (χ0n) is 25.1. The lowest BCUT2D eigenvalue weighted by atomic mass is 9.87. The zero-order chi connectivity index (χ0) is 50.0. The Hall–Kier alpha value is -2.16. The molecule has 0 aromatic carbocycles. The van der Waals surface area contributed by atoms with E-state index in [1.54, 1.807) is 0 Å². The third-order valence-electron chi connectivity index (χ3n) is 6.65. The van der Waals surface area contributed by atoms with Crippen molar-refractivity contribution in [3.05, 3.63) is 0 Å². The molecule has 0 heterocycles. The Labute approximate surface area is 300 Å². The molecule has 0 saturated carbocycles. The highest BCUT2D eigenvalue weighted by Gasteiger charge is 3.01. The third kappa shape index (κ3) is 7.58. The summed E-state index contributed by atoms with van der Waals surface area (Å²) in [5, 5.41) is 0. The van der Waals surface area contributed by atoms with Crippen LogP contribution < -0.4 is 0 Å². The maximum absolute atomic E-state index is 14.8. The van der Waals surface area contributed by atoms with Gasteiger partial charge in [-0.15, -0.1) is 0 Å². The molecule has 0 bridgehead atoms. The molecule has 0 aliphatic carbocycles. The van der Waals surface area contributed by atoms with Crippen molar-refractivity contribution in [3.8, 4) is 0 Å². The van der Waals surface area contributed by atoms with E-state index in [-0.39, 0.29) is 0 Å². The van der Waals surface area contributed by atoms with Crippen LogP contribution in [-0.2, 0) is 8.23 Å². The summed E-state index contributed by atoms with van der Waals surface area (Å²) in [5.41, 5.74) is -10.1. The number of hydrogen-bond acceptors (Lipinski definition) is 2. The lowest BCUT2D eigenvalue weighted by molar-refractivity contribution is -0.472. The largest absolute Gasteiger partial charge is 0.540 e. The normalized spacial score (nSPS) is 17.2. The van der Waals surface area contributed by atoms with Gasteiger partial charge in [-0.3, -0.25) is 0 Å². The van der Waals surface area contributed by atoms with Crippen molar-refractivity contribution in [1.82, 2.24) is 0 Å². The molecule has 0 aromatic rings. The van der Waals surface area contributed by atoms with Crippen LogP contribution in [0.5, 0.6) is 0 Å². The quantitative estimate of drug-likeness (QED) is 0.135. The monoisotopic (exact) mass is 1050 g/mol. The van der Waals surface area contributed by atoms with Gasteiger partial charge in [0.1, 0.15) is 0 Å². The van der Waals surface area contributed by atoms with Gasteiger partial charge in [0.05, 0.1) is 0 Å². The van der Waals surface area contributed by atoms with Crippen LogP contribution >= 0.6 is 0 Å². The fourth-order valence-electron chi connectivity index (χ4n) is 3.42. The van der Waals surface area contributed by atoms with Crippen LogP contribution in [0.15, 0.2) is 0 Å². The molecule has 361 valence electrons. The molecule has 0 aliphatic heterocycles. The Balaban J connectivity index is 8.86. The average Bonchev–Trinajstić information content (AvgIpc) is 2.91. The van der Waals surface area contributed by atoms with Crippen LogP contribution in [0.1, 0.15) is 0 Å². The van der Waals surface area contributed by atoms with E-state index in [2.05, 4.69) is 0 Å². The molecule has 0 aliphatic rings. The fourth-order valence-corrected chi connectivity index (χ4v) is 12.3. The predicted octanol–water partition coefficient (Wildman–Crippen LogP) is 11.8. The molecule has 2 nitrogen and oxygen atoms in total. The first-order valence-electron chi connectivity index (χ1n) is 12.2. The van der Waals surface area contributed by atoms with Crippen molar-refractivity contribution in [2.75, 3.05) is 0 Å². The molecular weight excluding hydrogens is 1050 g/mol. The summed E-state index contributed by atoms with van der Waals surface area (Å²) >= 11 is 0. The van der Waals surface area contributed by atoms with Crippen molar-refractivity contribution < 1.29 is 179 Å². The average molecular weight is 1050 g/mol. The SMILES string of the molecule is FC(F)(F)C(F)(F)C(F)(F)C(F)(F)C(F)(F)C(F)(F)C(F)(F)C(F)(F)C(F)(F)C(F)(F)[Si](O[Si](C(F)(F)F)(C(F)(F)F)C(F)(F)F)O[Si](C(F)(F)F)(C(F)(F)F)C(F)(F)F. The van der Waals surface area contributed by atoms with Crippen LogP contribution in [-0.4, -0.2) is 120 Å². The Bertz CT molecular complexity index is 1390. The van der Waals surface area contributed by atoms with Crippen LogP contribution in [0.25, 0.3) is 0 Å². The molecule has 0 atom stereocenters. The molecule has 0 aromatic heterocycles. The highest BCUT2D eigenvalue weighted by atomic mass is 28.4. The molecule has 44 heteroatoms. The maximum Gasteiger partial charge on any atom is 0.540 e. The van der Waals surface area contributed by atoms with Crippen molar-refractivity contribution >= 4 is 25.9 Å². The summed E-state index contributed by atoms with van der Waals surface area (Å²) in [6.07, 6.45) is -8.53. The molecule has 0 spiro atoms. The van der Waals surface area contributed by atoms with Crippen LogP contribution in [0.3, 0.4) is 0 Å².